The maximum atomic E-state index is 13.7. The highest BCUT2D eigenvalue weighted by atomic mass is 16.5. The fourth-order valence-corrected chi connectivity index (χ4v) is 7.17. The monoisotopic (exact) mass is 794 g/mol. The molecule has 2 aliphatic heterocycles. The van der Waals surface area contributed by atoms with Crippen LogP contribution in [0.3, 0.4) is 0 Å². The van der Waals surface area contributed by atoms with Gasteiger partial charge in [-0.15, -0.1) is 0 Å². The molecule has 0 saturated carbocycles. The van der Waals surface area contributed by atoms with Crippen LogP contribution >= 0.6 is 0 Å². The number of aromatic nitrogens is 4. The number of carbonyl (C=O) groups is 4. The van der Waals surface area contributed by atoms with Crippen molar-refractivity contribution in [3.63, 3.8) is 0 Å². The van der Waals surface area contributed by atoms with Gasteiger partial charge >= 0.3 is 12.2 Å². The van der Waals surface area contributed by atoms with Crippen LogP contribution in [0.5, 0.6) is 0 Å². The Kier molecular flexibility index (Phi) is 13.1. The molecule has 4 heterocycles. The van der Waals surface area contributed by atoms with Crippen molar-refractivity contribution in [1.82, 2.24) is 40.0 Å². The predicted molar refractivity (Wildman–Crippen MR) is 213 cm³/mol. The lowest BCUT2D eigenvalue weighted by Gasteiger charge is -2.39. The Morgan fingerprint density at radius 2 is 1.26 bits per heavy atom. The Hall–Kier alpha value is -6.18. The number of rotatable bonds is 10. The van der Waals surface area contributed by atoms with Crippen molar-refractivity contribution >= 4 is 24.0 Å². The Balaban J connectivity index is 1.10. The second-order valence-corrected chi connectivity index (χ2v) is 15.0. The number of nitrogens with zero attached hydrogens (tertiary/aromatic N) is 5. The number of likely N-dealkylation sites (N-methyl/N-ethyl adjacent to an activating group) is 1. The molecular weight excluding hydrogens is 745 g/mol. The summed E-state index contributed by atoms with van der Waals surface area (Å²) < 4.78 is 16.2. The number of benzene rings is 2. The van der Waals surface area contributed by atoms with Crippen LogP contribution in [0.4, 0.5) is 9.59 Å². The number of ether oxygens (including phenoxy) is 3. The minimum Gasteiger partial charge on any atom is -0.465 e. The van der Waals surface area contributed by atoms with E-state index in [1.165, 1.54) is 14.2 Å². The summed E-state index contributed by atoms with van der Waals surface area (Å²) in [5, 5.41) is 12.3. The van der Waals surface area contributed by atoms with Gasteiger partial charge in [-0.25, -0.2) is 19.6 Å². The van der Waals surface area contributed by atoms with Crippen molar-refractivity contribution in [2.24, 2.45) is 11.8 Å². The lowest BCUT2D eigenvalue weighted by Crippen LogP contribution is -2.55. The SMILES string of the molecule is COC(=O)N[C@H](C(=O)N1CCOC[C@@H]1c1ncc(-c2ccc(C#Cc3ccc(-c4cnc([C@H]5COCCN5C(=O)[C@H](C(C)C)N(C)C(=O)O)[nH]4)cc3)cc2)[nH]1)C(C)C. The molecule has 4 N–H and O–H groups in total. The van der Waals surface area contributed by atoms with E-state index in [2.05, 4.69) is 37.1 Å². The first-order valence-corrected chi connectivity index (χ1v) is 19.3. The number of nitrogens with one attached hydrogen (secondary N) is 3. The zero-order valence-corrected chi connectivity index (χ0v) is 33.5. The van der Waals surface area contributed by atoms with E-state index in [9.17, 15) is 24.3 Å². The molecule has 16 nitrogen and oxygen atoms in total. The van der Waals surface area contributed by atoms with Crippen molar-refractivity contribution < 1.29 is 38.5 Å². The summed E-state index contributed by atoms with van der Waals surface area (Å²) in [6, 6.07) is 13.0. The number of methoxy groups -OCH3 is 1. The minimum atomic E-state index is -1.16. The molecule has 16 heteroatoms. The summed E-state index contributed by atoms with van der Waals surface area (Å²) in [5.41, 5.74) is 4.97. The number of amides is 4. The molecule has 4 amide bonds. The smallest absolute Gasteiger partial charge is 0.407 e. The fourth-order valence-electron chi connectivity index (χ4n) is 7.17. The molecule has 0 aliphatic carbocycles. The molecule has 306 valence electrons. The molecular formula is C42H50N8O8. The van der Waals surface area contributed by atoms with E-state index in [-0.39, 0.29) is 36.9 Å². The first-order valence-electron chi connectivity index (χ1n) is 19.3. The van der Waals surface area contributed by atoms with Crippen LogP contribution in [-0.2, 0) is 23.8 Å². The number of imidazole rings is 2. The van der Waals surface area contributed by atoms with E-state index in [1.54, 1.807) is 22.2 Å². The number of aromatic amines is 2. The largest absolute Gasteiger partial charge is 0.465 e. The Bertz CT molecular complexity index is 2140. The second-order valence-electron chi connectivity index (χ2n) is 15.0. The number of carbonyl (C=O) groups excluding carboxylic acids is 3. The number of morpholine rings is 2. The number of H-pyrrole nitrogens is 2. The molecule has 2 aliphatic rings. The van der Waals surface area contributed by atoms with Crippen molar-refractivity contribution in [2.45, 2.75) is 51.9 Å². The van der Waals surface area contributed by atoms with Crippen LogP contribution in [0, 0.1) is 23.7 Å². The van der Waals surface area contributed by atoms with Crippen LogP contribution in [0.25, 0.3) is 22.5 Å². The van der Waals surface area contributed by atoms with Gasteiger partial charge in [-0.3, -0.25) is 14.5 Å². The summed E-state index contributed by atoms with van der Waals surface area (Å²) in [6.07, 6.45) is 1.62. The van der Waals surface area contributed by atoms with Crippen LogP contribution < -0.4 is 5.32 Å². The quantitative estimate of drug-likeness (QED) is 0.164. The molecule has 2 saturated heterocycles. The van der Waals surface area contributed by atoms with Crippen molar-refractivity contribution in [3.8, 4) is 34.4 Å². The van der Waals surface area contributed by atoms with Crippen molar-refractivity contribution in [1.29, 1.82) is 0 Å². The van der Waals surface area contributed by atoms with Gasteiger partial charge in [0.2, 0.25) is 11.8 Å². The zero-order chi connectivity index (χ0) is 41.5. The summed E-state index contributed by atoms with van der Waals surface area (Å²) in [5.74, 6) is 6.70. The highest BCUT2D eigenvalue weighted by Crippen LogP contribution is 2.29. The molecule has 2 aromatic heterocycles. The normalized spacial score (nSPS) is 17.9. The maximum Gasteiger partial charge on any atom is 0.407 e. The van der Waals surface area contributed by atoms with Gasteiger partial charge in [-0.2, -0.15) is 0 Å². The molecule has 4 atom stereocenters. The molecule has 2 aromatic carbocycles. The second kappa shape index (κ2) is 18.4. The van der Waals surface area contributed by atoms with Crippen molar-refractivity contribution in [3.05, 3.63) is 83.7 Å². The van der Waals surface area contributed by atoms with E-state index < -0.39 is 36.4 Å². The molecule has 0 unspecified atom stereocenters. The average molecular weight is 795 g/mol. The number of hydrogen-bond donors (Lipinski definition) is 4. The van der Waals surface area contributed by atoms with Gasteiger partial charge in [0.25, 0.3) is 0 Å². The molecule has 0 spiro atoms. The van der Waals surface area contributed by atoms with Crippen LogP contribution in [-0.4, -0.2) is 130 Å². The van der Waals surface area contributed by atoms with Gasteiger partial charge in [0.15, 0.2) is 0 Å². The van der Waals surface area contributed by atoms with E-state index in [1.807, 2.05) is 76.2 Å². The van der Waals surface area contributed by atoms with Gasteiger partial charge in [-0.05, 0) is 47.2 Å². The third kappa shape index (κ3) is 9.33. The summed E-state index contributed by atoms with van der Waals surface area (Å²) in [6.45, 7) is 9.34. The van der Waals surface area contributed by atoms with Gasteiger partial charge < -0.3 is 44.4 Å². The lowest BCUT2D eigenvalue weighted by molar-refractivity contribution is -0.147. The average Bonchev–Trinajstić information content (AvgIpc) is 3.93. The van der Waals surface area contributed by atoms with Crippen molar-refractivity contribution in [2.75, 3.05) is 53.7 Å². The van der Waals surface area contributed by atoms with E-state index in [0.29, 0.717) is 38.0 Å². The minimum absolute atomic E-state index is 0.157. The number of hydrogen-bond acceptors (Lipinski definition) is 9. The third-order valence-corrected chi connectivity index (χ3v) is 10.4. The molecule has 4 aromatic rings. The van der Waals surface area contributed by atoms with Gasteiger partial charge in [-0.1, -0.05) is 63.8 Å². The maximum absolute atomic E-state index is 13.7. The van der Waals surface area contributed by atoms with E-state index in [0.717, 1.165) is 38.5 Å². The summed E-state index contributed by atoms with van der Waals surface area (Å²) in [7, 11) is 2.68. The molecule has 2 fully saturated rings. The first-order chi connectivity index (χ1) is 27.9. The Labute approximate surface area is 337 Å². The highest BCUT2D eigenvalue weighted by molar-refractivity contribution is 5.87. The van der Waals surface area contributed by atoms with Gasteiger partial charge in [0.05, 0.1) is 57.3 Å². The molecule has 6 rings (SSSR count). The molecule has 0 bridgehead atoms. The molecule has 0 radical (unpaired) electrons. The fraction of sp³-hybridized carbons (Fsp3) is 0.429. The van der Waals surface area contributed by atoms with Crippen LogP contribution in [0.1, 0.15) is 62.6 Å². The van der Waals surface area contributed by atoms with Crippen LogP contribution in [0.15, 0.2) is 60.9 Å². The molecule has 58 heavy (non-hydrogen) atoms. The Morgan fingerprint density at radius 3 is 1.67 bits per heavy atom. The summed E-state index contributed by atoms with van der Waals surface area (Å²) >= 11 is 0. The Morgan fingerprint density at radius 1 is 0.793 bits per heavy atom. The topological polar surface area (TPSA) is 195 Å². The van der Waals surface area contributed by atoms with E-state index in [4.69, 9.17) is 14.2 Å². The van der Waals surface area contributed by atoms with E-state index >= 15 is 0 Å². The summed E-state index contributed by atoms with van der Waals surface area (Å²) in [4.78, 5) is 71.3. The highest BCUT2D eigenvalue weighted by Gasteiger charge is 2.39. The number of alkyl carbamates (subject to hydrolysis) is 1. The first kappa shape index (κ1) is 41.5. The standard InChI is InChI=1S/C42H50N8O8/c1-25(2)35(47-41(53)56-6)39(51)49-17-19-57-23-33(49)37-43-21-31(45-37)29-13-9-27(10-14-29)7-8-28-11-15-30(16-12-28)32-22-44-38(46-32)34-24-58-20-18-50(34)40(52)36(26(3)4)48(5)42(54)55/h9-16,21-22,25-26,33-36H,17-20,23-24H2,1-6H3,(H,43,45)(H,44,46)(H,47,53)(H,54,55)/t33-,34-,35+,36+/m1/s1. The predicted octanol–water partition coefficient (Wildman–Crippen LogP) is 4.68. The van der Waals surface area contributed by atoms with Gasteiger partial charge in [0, 0.05) is 31.3 Å². The lowest BCUT2D eigenvalue weighted by atomic mass is 10.0. The van der Waals surface area contributed by atoms with Crippen LogP contribution in [0.2, 0.25) is 0 Å². The third-order valence-electron chi connectivity index (χ3n) is 10.4. The van der Waals surface area contributed by atoms with Gasteiger partial charge in [0.1, 0.15) is 35.8 Å². The zero-order valence-electron chi connectivity index (χ0n) is 33.5. The number of carboxylic acid groups (broad SMARTS) is 1.